The van der Waals surface area contributed by atoms with Crippen LogP contribution in [0.15, 0.2) is 0 Å². The normalized spacial score (nSPS) is 20.6. The van der Waals surface area contributed by atoms with Gasteiger partial charge in [0.05, 0.1) is 6.10 Å². The molecule has 1 atom stereocenters. The first-order chi connectivity index (χ1) is 7.13. The maximum absolute atomic E-state index is 11.6. The monoisotopic (exact) mass is 215 g/mol. The molecule has 86 valence electrons. The standard InChI is InChI=1S/C10H17NO4/c1-15-8-5-6-11(7-8)9(12)3-2-4-10(13)14/h8H,2-7H2,1H3,(H,13,14). The predicted molar refractivity (Wildman–Crippen MR) is 53.5 cm³/mol. The van der Waals surface area contributed by atoms with Crippen LogP contribution in [0.3, 0.4) is 0 Å². The van der Waals surface area contributed by atoms with E-state index in [4.69, 9.17) is 9.84 Å². The number of hydrogen-bond acceptors (Lipinski definition) is 3. The maximum Gasteiger partial charge on any atom is 0.303 e. The molecule has 1 aliphatic rings. The van der Waals surface area contributed by atoms with Crippen LogP contribution < -0.4 is 0 Å². The van der Waals surface area contributed by atoms with Gasteiger partial charge in [-0.25, -0.2) is 0 Å². The molecule has 1 saturated heterocycles. The van der Waals surface area contributed by atoms with Gasteiger partial charge in [0, 0.05) is 33.0 Å². The highest BCUT2D eigenvalue weighted by Crippen LogP contribution is 2.13. The molecular formula is C10H17NO4. The van der Waals surface area contributed by atoms with Crippen molar-refractivity contribution in [2.75, 3.05) is 20.2 Å². The third-order valence-electron chi connectivity index (χ3n) is 2.61. The zero-order valence-electron chi connectivity index (χ0n) is 8.94. The molecule has 5 heteroatoms. The van der Waals surface area contributed by atoms with Crippen LogP contribution in [0.1, 0.15) is 25.7 Å². The molecule has 0 aromatic heterocycles. The summed E-state index contributed by atoms with van der Waals surface area (Å²) in [7, 11) is 1.64. The van der Waals surface area contributed by atoms with Gasteiger partial charge in [0.2, 0.25) is 5.91 Å². The molecular weight excluding hydrogens is 198 g/mol. The van der Waals surface area contributed by atoms with E-state index in [-0.39, 0.29) is 18.4 Å². The highest BCUT2D eigenvalue weighted by Gasteiger charge is 2.25. The molecule has 0 saturated carbocycles. The van der Waals surface area contributed by atoms with E-state index in [0.29, 0.717) is 19.4 Å². The fourth-order valence-corrected chi connectivity index (χ4v) is 1.70. The Morgan fingerprint density at radius 2 is 2.20 bits per heavy atom. The van der Waals surface area contributed by atoms with Crippen molar-refractivity contribution >= 4 is 11.9 Å². The van der Waals surface area contributed by atoms with E-state index < -0.39 is 5.97 Å². The van der Waals surface area contributed by atoms with Crippen molar-refractivity contribution in [3.8, 4) is 0 Å². The van der Waals surface area contributed by atoms with Crippen molar-refractivity contribution in [1.82, 2.24) is 4.90 Å². The van der Waals surface area contributed by atoms with Gasteiger partial charge in [-0.15, -0.1) is 0 Å². The molecule has 0 aromatic carbocycles. The Hall–Kier alpha value is -1.10. The molecule has 1 heterocycles. The first-order valence-electron chi connectivity index (χ1n) is 5.16. The lowest BCUT2D eigenvalue weighted by atomic mass is 10.2. The first-order valence-corrected chi connectivity index (χ1v) is 5.16. The molecule has 1 fully saturated rings. The summed E-state index contributed by atoms with van der Waals surface area (Å²) in [5, 5.41) is 8.43. The molecule has 1 rings (SSSR count). The largest absolute Gasteiger partial charge is 0.481 e. The van der Waals surface area contributed by atoms with Gasteiger partial charge in [0.1, 0.15) is 0 Å². The van der Waals surface area contributed by atoms with Crippen molar-refractivity contribution in [3.63, 3.8) is 0 Å². The third-order valence-corrected chi connectivity index (χ3v) is 2.61. The number of amides is 1. The van der Waals surface area contributed by atoms with Crippen molar-refractivity contribution in [2.45, 2.75) is 31.8 Å². The Labute approximate surface area is 89.0 Å². The van der Waals surface area contributed by atoms with Gasteiger partial charge >= 0.3 is 5.97 Å². The fraction of sp³-hybridized carbons (Fsp3) is 0.800. The van der Waals surface area contributed by atoms with Crippen molar-refractivity contribution in [1.29, 1.82) is 0 Å². The van der Waals surface area contributed by atoms with Crippen LogP contribution >= 0.6 is 0 Å². The zero-order valence-corrected chi connectivity index (χ0v) is 8.94. The molecule has 1 N–H and O–H groups in total. The average molecular weight is 215 g/mol. The number of likely N-dealkylation sites (tertiary alicyclic amines) is 1. The summed E-state index contributed by atoms with van der Waals surface area (Å²) in [5.74, 6) is -0.810. The number of carbonyl (C=O) groups excluding carboxylic acids is 1. The molecule has 1 amide bonds. The van der Waals surface area contributed by atoms with Gasteiger partial charge < -0.3 is 14.7 Å². The molecule has 5 nitrogen and oxygen atoms in total. The number of carbonyl (C=O) groups is 2. The average Bonchev–Trinajstić information content (AvgIpc) is 2.65. The topological polar surface area (TPSA) is 66.8 Å². The summed E-state index contributed by atoms with van der Waals surface area (Å²) >= 11 is 0. The highest BCUT2D eigenvalue weighted by atomic mass is 16.5. The Kier molecular flexibility index (Phi) is 4.55. The molecule has 1 unspecified atom stereocenters. The van der Waals surface area contributed by atoms with E-state index in [0.717, 1.165) is 13.0 Å². The first kappa shape index (κ1) is 12.0. The summed E-state index contributed by atoms with van der Waals surface area (Å²) in [6.07, 6.45) is 1.83. The molecule has 0 radical (unpaired) electrons. The number of hydrogen-bond donors (Lipinski definition) is 1. The van der Waals surface area contributed by atoms with E-state index in [2.05, 4.69) is 0 Å². The second-order valence-corrected chi connectivity index (χ2v) is 3.73. The molecule has 0 aromatic rings. The highest BCUT2D eigenvalue weighted by molar-refractivity contribution is 5.77. The van der Waals surface area contributed by atoms with E-state index in [1.165, 1.54) is 0 Å². The van der Waals surface area contributed by atoms with Crippen LogP contribution in [0.5, 0.6) is 0 Å². The number of methoxy groups -OCH3 is 1. The van der Waals surface area contributed by atoms with Crippen LogP contribution in [0, 0.1) is 0 Å². The maximum atomic E-state index is 11.6. The van der Waals surface area contributed by atoms with Crippen molar-refractivity contribution in [3.05, 3.63) is 0 Å². The Balaban J connectivity index is 2.20. The summed E-state index contributed by atoms with van der Waals surface area (Å²) in [6.45, 7) is 1.37. The minimum absolute atomic E-state index is 0.0378. The van der Waals surface area contributed by atoms with Crippen LogP contribution in [-0.2, 0) is 14.3 Å². The van der Waals surface area contributed by atoms with Crippen LogP contribution in [0.2, 0.25) is 0 Å². The van der Waals surface area contributed by atoms with Gasteiger partial charge in [-0.05, 0) is 12.8 Å². The van der Waals surface area contributed by atoms with Crippen LogP contribution in [-0.4, -0.2) is 48.2 Å². The summed E-state index contributed by atoms with van der Waals surface area (Å²) < 4.78 is 5.15. The third kappa shape index (κ3) is 3.87. The van der Waals surface area contributed by atoms with Crippen LogP contribution in [0.4, 0.5) is 0 Å². The molecule has 1 aliphatic heterocycles. The molecule has 0 spiro atoms. The lowest BCUT2D eigenvalue weighted by molar-refractivity contribution is -0.137. The van der Waals surface area contributed by atoms with E-state index in [9.17, 15) is 9.59 Å². The number of carboxylic acid groups (broad SMARTS) is 1. The Bertz CT molecular complexity index is 242. The SMILES string of the molecule is COC1CCN(C(=O)CCCC(=O)O)C1. The summed E-state index contributed by atoms with van der Waals surface area (Å²) in [5.41, 5.74) is 0. The van der Waals surface area contributed by atoms with Gasteiger partial charge in [0.25, 0.3) is 0 Å². The van der Waals surface area contributed by atoms with Crippen molar-refractivity contribution < 1.29 is 19.4 Å². The Morgan fingerprint density at radius 3 is 2.73 bits per heavy atom. The summed E-state index contributed by atoms with van der Waals surface area (Å²) in [6, 6.07) is 0. The van der Waals surface area contributed by atoms with Gasteiger partial charge in [-0.2, -0.15) is 0 Å². The number of nitrogens with zero attached hydrogens (tertiary/aromatic N) is 1. The van der Waals surface area contributed by atoms with Gasteiger partial charge in [0.15, 0.2) is 0 Å². The predicted octanol–water partition coefficient (Wildman–Crippen LogP) is 0.489. The second kappa shape index (κ2) is 5.70. The Morgan fingerprint density at radius 1 is 1.47 bits per heavy atom. The number of ether oxygens (including phenoxy) is 1. The fourth-order valence-electron chi connectivity index (χ4n) is 1.70. The van der Waals surface area contributed by atoms with Gasteiger partial charge in [-0.1, -0.05) is 0 Å². The second-order valence-electron chi connectivity index (χ2n) is 3.73. The molecule has 15 heavy (non-hydrogen) atoms. The number of carboxylic acids is 1. The van der Waals surface area contributed by atoms with E-state index in [1.54, 1.807) is 12.0 Å². The van der Waals surface area contributed by atoms with E-state index in [1.807, 2.05) is 0 Å². The lowest BCUT2D eigenvalue weighted by Crippen LogP contribution is -2.29. The smallest absolute Gasteiger partial charge is 0.303 e. The zero-order chi connectivity index (χ0) is 11.3. The van der Waals surface area contributed by atoms with E-state index >= 15 is 0 Å². The quantitative estimate of drug-likeness (QED) is 0.724. The number of rotatable bonds is 5. The van der Waals surface area contributed by atoms with Gasteiger partial charge in [-0.3, -0.25) is 9.59 Å². The molecule has 0 aliphatic carbocycles. The summed E-state index contributed by atoms with van der Waals surface area (Å²) in [4.78, 5) is 23.6. The lowest BCUT2D eigenvalue weighted by Gasteiger charge is -2.15. The number of aliphatic carboxylic acids is 1. The molecule has 0 bridgehead atoms. The van der Waals surface area contributed by atoms with Crippen LogP contribution in [0.25, 0.3) is 0 Å². The van der Waals surface area contributed by atoms with Crippen molar-refractivity contribution in [2.24, 2.45) is 0 Å². The minimum atomic E-state index is -0.848. The minimum Gasteiger partial charge on any atom is -0.481 e.